The molecule has 2 amide bonds. The van der Waals surface area contributed by atoms with Crippen molar-refractivity contribution in [2.24, 2.45) is 5.92 Å². The fraction of sp³-hybridized carbons (Fsp3) is 0.500. The molecular formula is C16H23FN2O3. The summed E-state index contributed by atoms with van der Waals surface area (Å²) >= 11 is 0. The van der Waals surface area contributed by atoms with E-state index in [2.05, 4.69) is 10.6 Å². The number of benzene rings is 1. The Morgan fingerprint density at radius 1 is 1.27 bits per heavy atom. The van der Waals surface area contributed by atoms with E-state index in [1.165, 1.54) is 6.07 Å². The predicted octanol–water partition coefficient (Wildman–Crippen LogP) is 2.26. The standard InChI is InChI=1S/C16H23FN2O3/c1-4-22-16(21)19-14(11(2)3)15(20)18-10-9-12-7-5-6-8-13(12)17/h5-8,11,14H,4,9-10H2,1-3H3,(H,18,20)(H,19,21)/t14-/m1/s1. The van der Waals surface area contributed by atoms with Crippen molar-refractivity contribution in [1.82, 2.24) is 10.6 Å². The van der Waals surface area contributed by atoms with Gasteiger partial charge in [0.1, 0.15) is 11.9 Å². The number of halogens is 1. The lowest BCUT2D eigenvalue weighted by atomic mass is 10.0. The molecular weight excluding hydrogens is 287 g/mol. The molecule has 0 aliphatic carbocycles. The quantitative estimate of drug-likeness (QED) is 0.812. The highest BCUT2D eigenvalue weighted by molar-refractivity contribution is 5.85. The van der Waals surface area contributed by atoms with Crippen LogP contribution in [0.5, 0.6) is 0 Å². The minimum atomic E-state index is -0.681. The van der Waals surface area contributed by atoms with Crippen molar-refractivity contribution in [3.63, 3.8) is 0 Å². The van der Waals surface area contributed by atoms with Crippen molar-refractivity contribution < 1.29 is 18.7 Å². The molecule has 0 saturated carbocycles. The second-order valence-electron chi connectivity index (χ2n) is 5.22. The average molecular weight is 310 g/mol. The van der Waals surface area contributed by atoms with Crippen LogP contribution in [-0.2, 0) is 16.0 Å². The van der Waals surface area contributed by atoms with Crippen molar-refractivity contribution in [1.29, 1.82) is 0 Å². The number of amides is 2. The van der Waals surface area contributed by atoms with E-state index in [0.717, 1.165) is 0 Å². The zero-order chi connectivity index (χ0) is 16.5. The van der Waals surface area contributed by atoms with E-state index >= 15 is 0 Å². The van der Waals surface area contributed by atoms with Crippen LogP contribution in [0.4, 0.5) is 9.18 Å². The fourth-order valence-electron chi connectivity index (χ4n) is 1.97. The van der Waals surface area contributed by atoms with E-state index in [1.807, 2.05) is 13.8 Å². The molecule has 0 aliphatic rings. The number of carbonyl (C=O) groups is 2. The monoisotopic (exact) mass is 310 g/mol. The molecule has 2 N–H and O–H groups in total. The largest absolute Gasteiger partial charge is 0.450 e. The van der Waals surface area contributed by atoms with E-state index in [9.17, 15) is 14.0 Å². The molecule has 0 radical (unpaired) electrons. The smallest absolute Gasteiger partial charge is 0.407 e. The Kier molecular flexibility index (Phi) is 7.36. The molecule has 1 aromatic carbocycles. The van der Waals surface area contributed by atoms with Crippen molar-refractivity contribution in [3.05, 3.63) is 35.6 Å². The van der Waals surface area contributed by atoms with E-state index in [4.69, 9.17) is 4.74 Å². The summed E-state index contributed by atoms with van der Waals surface area (Å²) in [6.07, 6.45) is -0.228. The first kappa shape index (κ1) is 17.9. The number of hydrogen-bond acceptors (Lipinski definition) is 3. The average Bonchev–Trinajstić information content (AvgIpc) is 2.46. The van der Waals surface area contributed by atoms with E-state index in [0.29, 0.717) is 18.5 Å². The number of alkyl carbamates (subject to hydrolysis) is 1. The zero-order valence-corrected chi connectivity index (χ0v) is 13.2. The number of nitrogens with one attached hydrogen (secondary N) is 2. The summed E-state index contributed by atoms with van der Waals surface area (Å²) in [5.41, 5.74) is 0.544. The normalized spacial score (nSPS) is 11.9. The van der Waals surface area contributed by atoms with Gasteiger partial charge in [0, 0.05) is 6.54 Å². The third kappa shape index (κ3) is 5.71. The van der Waals surface area contributed by atoms with Crippen LogP contribution in [0.15, 0.2) is 24.3 Å². The molecule has 1 atom stereocenters. The lowest BCUT2D eigenvalue weighted by molar-refractivity contribution is -0.124. The molecule has 122 valence electrons. The van der Waals surface area contributed by atoms with Crippen LogP contribution < -0.4 is 10.6 Å². The molecule has 0 aliphatic heterocycles. The van der Waals surface area contributed by atoms with Gasteiger partial charge in [-0.1, -0.05) is 32.0 Å². The summed E-state index contributed by atoms with van der Waals surface area (Å²) < 4.78 is 18.3. The third-order valence-electron chi connectivity index (χ3n) is 3.15. The Bertz CT molecular complexity index is 506. The molecule has 0 aromatic heterocycles. The Balaban J connectivity index is 2.50. The maximum Gasteiger partial charge on any atom is 0.407 e. The van der Waals surface area contributed by atoms with Crippen LogP contribution in [0.25, 0.3) is 0 Å². The molecule has 0 unspecified atom stereocenters. The van der Waals surface area contributed by atoms with Crippen LogP contribution in [0.1, 0.15) is 26.3 Å². The number of hydrogen-bond donors (Lipinski definition) is 2. The number of rotatable bonds is 7. The second-order valence-corrected chi connectivity index (χ2v) is 5.22. The van der Waals surface area contributed by atoms with Gasteiger partial charge in [-0.05, 0) is 30.9 Å². The van der Waals surface area contributed by atoms with Crippen LogP contribution in [0, 0.1) is 11.7 Å². The Morgan fingerprint density at radius 3 is 2.55 bits per heavy atom. The third-order valence-corrected chi connectivity index (χ3v) is 3.15. The highest BCUT2D eigenvalue weighted by atomic mass is 19.1. The van der Waals surface area contributed by atoms with Gasteiger partial charge in [-0.25, -0.2) is 9.18 Å². The number of carbonyl (C=O) groups excluding carboxylic acids is 2. The molecule has 0 saturated heterocycles. The molecule has 0 spiro atoms. The van der Waals surface area contributed by atoms with Gasteiger partial charge in [-0.3, -0.25) is 4.79 Å². The van der Waals surface area contributed by atoms with E-state index in [-0.39, 0.29) is 24.2 Å². The van der Waals surface area contributed by atoms with Gasteiger partial charge in [-0.15, -0.1) is 0 Å². The van der Waals surface area contributed by atoms with Crippen molar-refractivity contribution in [3.8, 4) is 0 Å². The van der Waals surface area contributed by atoms with Gasteiger partial charge in [-0.2, -0.15) is 0 Å². The minimum absolute atomic E-state index is 0.0853. The molecule has 0 bridgehead atoms. The van der Waals surface area contributed by atoms with Gasteiger partial charge >= 0.3 is 6.09 Å². The fourth-order valence-corrected chi connectivity index (χ4v) is 1.97. The summed E-state index contributed by atoms with van der Waals surface area (Å²) in [6.45, 7) is 5.89. The molecule has 22 heavy (non-hydrogen) atoms. The summed E-state index contributed by atoms with van der Waals surface area (Å²) in [5, 5.41) is 5.24. The maximum absolute atomic E-state index is 13.5. The Labute approximate surface area is 130 Å². The van der Waals surface area contributed by atoms with Crippen LogP contribution in [0.3, 0.4) is 0 Å². The lowest BCUT2D eigenvalue weighted by Gasteiger charge is -2.21. The first-order chi connectivity index (χ1) is 10.5. The Morgan fingerprint density at radius 2 is 1.95 bits per heavy atom. The summed E-state index contributed by atoms with van der Waals surface area (Å²) in [6, 6.07) is 5.75. The highest BCUT2D eigenvalue weighted by Crippen LogP contribution is 2.07. The lowest BCUT2D eigenvalue weighted by Crippen LogP contribution is -2.50. The summed E-state index contributed by atoms with van der Waals surface area (Å²) in [7, 11) is 0. The van der Waals surface area contributed by atoms with Gasteiger partial charge < -0.3 is 15.4 Å². The number of ether oxygens (including phenoxy) is 1. The van der Waals surface area contributed by atoms with Gasteiger partial charge in [0.25, 0.3) is 0 Å². The summed E-state index contributed by atoms with van der Waals surface area (Å²) in [5.74, 6) is -0.681. The maximum atomic E-state index is 13.5. The molecule has 0 fully saturated rings. The zero-order valence-electron chi connectivity index (χ0n) is 13.2. The predicted molar refractivity (Wildman–Crippen MR) is 81.9 cm³/mol. The molecule has 0 heterocycles. The SMILES string of the molecule is CCOC(=O)N[C@@H](C(=O)NCCc1ccccc1F)C(C)C. The first-order valence-corrected chi connectivity index (χ1v) is 7.40. The molecule has 6 heteroatoms. The first-order valence-electron chi connectivity index (χ1n) is 7.40. The molecule has 5 nitrogen and oxygen atoms in total. The highest BCUT2D eigenvalue weighted by Gasteiger charge is 2.24. The van der Waals surface area contributed by atoms with Gasteiger partial charge in [0.2, 0.25) is 5.91 Å². The topological polar surface area (TPSA) is 67.4 Å². The van der Waals surface area contributed by atoms with Crippen LogP contribution >= 0.6 is 0 Å². The van der Waals surface area contributed by atoms with Gasteiger partial charge in [0.15, 0.2) is 0 Å². The van der Waals surface area contributed by atoms with Crippen molar-refractivity contribution in [2.75, 3.05) is 13.2 Å². The molecule has 1 rings (SSSR count). The summed E-state index contributed by atoms with van der Waals surface area (Å²) in [4.78, 5) is 23.6. The molecule has 1 aromatic rings. The second kappa shape index (κ2) is 9.02. The van der Waals surface area contributed by atoms with E-state index < -0.39 is 12.1 Å². The minimum Gasteiger partial charge on any atom is -0.450 e. The Hall–Kier alpha value is -2.11. The van der Waals surface area contributed by atoms with E-state index in [1.54, 1.807) is 25.1 Å². The van der Waals surface area contributed by atoms with Crippen LogP contribution in [0.2, 0.25) is 0 Å². The van der Waals surface area contributed by atoms with Crippen molar-refractivity contribution in [2.45, 2.75) is 33.2 Å². The van der Waals surface area contributed by atoms with Crippen molar-refractivity contribution >= 4 is 12.0 Å². The van der Waals surface area contributed by atoms with Gasteiger partial charge in [0.05, 0.1) is 6.61 Å². The van der Waals surface area contributed by atoms with Crippen LogP contribution in [-0.4, -0.2) is 31.2 Å².